The average molecular weight is 427 g/mol. The van der Waals surface area contributed by atoms with E-state index in [4.69, 9.17) is 0 Å². The van der Waals surface area contributed by atoms with Crippen LogP contribution >= 0.6 is 0 Å². The standard InChI is InChI=1S/2C14H15NO/c16-14-6-4-11-8-10(3-5-13(11)14)12-2-1-7-15-9-12;16-14-6-5-10-3-4-11(8-13(10)14)12-2-1-7-15-9-12/h2-3,5,8,15H,1,4,6-7,9H2;2-4,8,15H,1,5-7,9H2. The van der Waals surface area contributed by atoms with E-state index in [0.29, 0.717) is 24.4 Å². The predicted octanol–water partition coefficient (Wildman–Crippen LogP) is 4.38. The molecule has 0 radical (unpaired) electrons. The molecule has 0 aromatic heterocycles. The molecule has 2 heterocycles. The van der Waals surface area contributed by atoms with Gasteiger partial charge in [-0.05, 0) is 78.2 Å². The molecule has 164 valence electrons. The quantitative estimate of drug-likeness (QED) is 0.748. The third kappa shape index (κ3) is 4.38. The van der Waals surface area contributed by atoms with Gasteiger partial charge in [0.15, 0.2) is 11.6 Å². The Morgan fingerprint density at radius 2 is 1.19 bits per heavy atom. The molecule has 2 aliphatic heterocycles. The lowest BCUT2D eigenvalue weighted by molar-refractivity contribution is 0.0986. The molecule has 0 saturated carbocycles. The van der Waals surface area contributed by atoms with Gasteiger partial charge in [0.25, 0.3) is 0 Å². The number of fused-ring (bicyclic) bond motifs is 2. The van der Waals surface area contributed by atoms with Crippen LogP contribution in [0, 0.1) is 0 Å². The van der Waals surface area contributed by atoms with Crippen molar-refractivity contribution in [2.45, 2.75) is 38.5 Å². The van der Waals surface area contributed by atoms with Crippen LogP contribution < -0.4 is 10.6 Å². The lowest BCUT2D eigenvalue weighted by atomic mass is 9.98. The molecule has 0 atom stereocenters. The average Bonchev–Trinajstić information content (AvgIpc) is 3.42. The Morgan fingerprint density at radius 3 is 1.84 bits per heavy atom. The molecular formula is C28H30N2O2. The van der Waals surface area contributed by atoms with Crippen molar-refractivity contribution in [1.29, 1.82) is 0 Å². The maximum absolute atomic E-state index is 11.7. The monoisotopic (exact) mass is 426 g/mol. The first-order valence-electron chi connectivity index (χ1n) is 11.8. The Kier molecular flexibility index (Phi) is 6.15. The Hall–Kier alpha value is -2.82. The number of nitrogens with one attached hydrogen (secondary N) is 2. The summed E-state index contributed by atoms with van der Waals surface area (Å²) >= 11 is 0. The molecule has 2 N–H and O–H groups in total. The summed E-state index contributed by atoms with van der Waals surface area (Å²) in [4.78, 5) is 23.2. The lowest BCUT2D eigenvalue weighted by Gasteiger charge is -2.15. The molecule has 2 aliphatic carbocycles. The van der Waals surface area contributed by atoms with Gasteiger partial charge >= 0.3 is 0 Å². The van der Waals surface area contributed by atoms with Crippen LogP contribution in [-0.2, 0) is 12.8 Å². The Balaban J connectivity index is 0.000000135. The van der Waals surface area contributed by atoms with E-state index in [-0.39, 0.29) is 0 Å². The van der Waals surface area contributed by atoms with Gasteiger partial charge in [0.2, 0.25) is 0 Å². The van der Waals surface area contributed by atoms with Gasteiger partial charge in [-0.25, -0.2) is 0 Å². The van der Waals surface area contributed by atoms with Gasteiger partial charge in [0, 0.05) is 37.1 Å². The molecule has 6 rings (SSSR count). The molecule has 0 bridgehead atoms. The molecular weight excluding hydrogens is 396 g/mol. The van der Waals surface area contributed by atoms with Crippen molar-refractivity contribution >= 4 is 22.7 Å². The van der Waals surface area contributed by atoms with Crippen LogP contribution in [0.15, 0.2) is 48.6 Å². The van der Waals surface area contributed by atoms with Gasteiger partial charge in [-0.2, -0.15) is 0 Å². The summed E-state index contributed by atoms with van der Waals surface area (Å²) in [7, 11) is 0. The Bertz CT molecular complexity index is 1130. The van der Waals surface area contributed by atoms with Crippen LogP contribution in [0.25, 0.3) is 11.1 Å². The smallest absolute Gasteiger partial charge is 0.163 e. The summed E-state index contributed by atoms with van der Waals surface area (Å²) in [5.41, 5.74) is 9.52. The van der Waals surface area contributed by atoms with Crippen molar-refractivity contribution in [2.24, 2.45) is 0 Å². The summed E-state index contributed by atoms with van der Waals surface area (Å²) in [6, 6.07) is 12.6. The fourth-order valence-corrected chi connectivity index (χ4v) is 5.02. The highest BCUT2D eigenvalue weighted by Crippen LogP contribution is 2.27. The number of carbonyl (C=O) groups is 2. The SMILES string of the molecule is O=C1CCc2cc(C3=CCCNC3)ccc21.O=C1CCc2ccc(C3=CCCNC3)cc21. The van der Waals surface area contributed by atoms with Gasteiger partial charge in [-0.15, -0.1) is 0 Å². The first kappa shape index (κ1) is 21.0. The van der Waals surface area contributed by atoms with E-state index < -0.39 is 0 Å². The largest absolute Gasteiger partial charge is 0.312 e. The van der Waals surface area contributed by atoms with E-state index in [0.717, 1.165) is 63.0 Å². The van der Waals surface area contributed by atoms with Crippen molar-refractivity contribution in [1.82, 2.24) is 10.6 Å². The number of carbonyl (C=O) groups excluding carboxylic acids is 2. The number of benzene rings is 2. The van der Waals surface area contributed by atoms with Crippen LogP contribution in [0.2, 0.25) is 0 Å². The number of ketones is 2. The van der Waals surface area contributed by atoms with Gasteiger partial charge in [0.05, 0.1) is 0 Å². The fourth-order valence-electron chi connectivity index (χ4n) is 5.02. The van der Waals surface area contributed by atoms with E-state index in [1.807, 2.05) is 6.07 Å². The second kappa shape index (κ2) is 9.35. The first-order valence-corrected chi connectivity index (χ1v) is 11.8. The fraction of sp³-hybridized carbons (Fsp3) is 0.357. The zero-order chi connectivity index (χ0) is 21.9. The van der Waals surface area contributed by atoms with Crippen molar-refractivity contribution < 1.29 is 9.59 Å². The number of hydrogen-bond donors (Lipinski definition) is 2. The summed E-state index contributed by atoms with van der Waals surface area (Å²) in [5, 5.41) is 6.73. The van der Waals surface area contributed by atoms with E-state index in [1.54, 1.807) is 0 Å². The van der Waals surface area contributed by atoms with E-state index in [2.05, 4.69) is 53.1 Å². The van der Waals surface area contributed by atoms with Crippen molar-refractivity contribution in [3.63, 3.8) is 0 Å². The van der Waals surface area contributed by atoms with Crippen LogP contribution in [0.4, 0.5) is 0 Å². The van der Waals surface area contributed by atoms with E-state index in [1.165, 1.54) is 33.4 Å². The Labute approximate surface area is 189 Å². The summed E-state index contributed by atoms with van der Waals surface area (Å²) in [6.45, 7) is 4.01. The molecule has 2 aromatic carbocycles. The molecule has 2 aromatic rings. The highest BCUT2D eigenvalue weighted by molar-refractivity contribution is 6.01. The van der Waals surface area contributed by atoms with Crippen LogP contribution in [0.5, 0.6) is 0 Å². The van der Waals surface area contributed by atoms with E-state index >= 15 is 0 Å². The highest BCUT2D eigenvalue weighted by Gasteiger charge is 2.21. The number of Topliss-reactive ketones (excluding diaryl/α,β-unsaturated/α-hetero) is 2. The lowest BCUT2D eigenvalue weighted by Crippen LogP contribution is -2.21. The molecule has 4 aliphatic rings. The molecule has 0 fully saturated rings. The number of aryl methyl sites for hydroxylation is 2. The van der Waals surface area contributed by atoms with Gasteiger partial charge < -0.3 is 10.6 Å². The van der Waals surface area contributed by atoms with Crippen molar-refractivity contribution in [2.75, 3.05) is 26.2 Å². The van der Waals surface area contributed by atoms with Crippen molar-refractivity contribution in [3.05, 3.63) is 81.9 Å². The molecule has 0 amide bonds. The highest BCUT2D eigenvalue weighted by atomic mass is 16.1. The third-order valence-corrected chi connectivity index (χ3v) is 6.85. The molecule has 0 unspecified atom stereocenters. The third-order valence-electron chi connectivity index (χ3n) is 6.85. The molecule has 0 spiro atoms. The zero-order valence-electron chi connectivity index (χ0n) is 18.5. The maximum Gasteiger partial charge on any atom is 0.163 e. The maximum atomic E-state index is 11.7. The van der Waals surface area contributed by atoms with E-state index in [9.17, 15) is 9.59 Å². The summed E-state index contributed by atoms with van der Waals surface area (Å²) in [5.74, 6) is 0.610. The van der Waals surface area contributed by atoms with Crippen LogP contribution in [0.1, 0.15) is 68.7 Å². The minimum atomic E-state index is 0.303. The minimum Gasteiger partial charge on any atom is -0.312 e. The second-order valence-electron chi connectivity index (χ2n) is 8.98. The minimum absolute atomic E-state index is 0.303. The molecule has 4 nitrogen and oxygen atoms in total. The molecule has 0 saturated heterocycles. The van der Waals surface area contributed by atoms with Gasteiger partial charge in [-0.1, -0.05) is 42.5 Å². The number of rotatable bonds is 2. The summed E-state index contributed by atoms with van der Waals surface area (Å²) < 4.78 is 0. The normalized spacial score (nSPS) is 19.5. The first-order chi connectivity index (χ1) is 15.7. The summed E-state index contributed by atoms with van der Waals surface area (Å²) in [6.07, 6.45) is 9.99. The van der Waals surface area contributed by atoms with Crippen LogP contribution in [-0.4, -0.2) is 37.7 Å². The van der Waals surface area contributed by atoms with Crippen LogP contribution in [0.3, 0.4) is 0 Å². The predicted molar refractivity (Wildman–Crippen MR) is 129 cm³/mol. The van der Waals surface area contributed by atoms with Gasteiger partial charge in [0.1, 0.15) is 0 Å². The second-order valence-corrected chi connectivity index (χ2v) is 8.98. The number of hydrogen-bond acceptors (Lipinski definition) is 4. The molecule has 4 heteroatoms. The Morgan fingerprint density at radius 1 is 0.594 bits per heavy atom. The zero-order valence-corrected chi connectivity index (χ0v) is 18.5. The topological polar surface area (TPSA) is 58.2 Å². The molecule has 32 heavy (non-hydrogen) atoms. The van der Waals surface area contributed by atoms with Crippen molar-refractivity contribution in [3.8, 4) is 0 Å². The van der Waals surface area contributed by atoms with Gasteiger partial charge in [-0.3, -0.25) is 9.59 Å².